The molecule has 8 nitrogen and oxygen atoms in total. The van der Waals surface area contributed by atoms with Gasteiger partial charge in [0.05, 0.1) is 18.1 Å². The summed E-state index contributed by atoms with van der Waals surface area (Å²) in [5.74, 6) is -2.05. The third-order valence-electron chi connectivity index (χ3n) is 6.53. The molecule has 6 atom stereocenters. The van der Waals surface area contributed by atoms with Gasteiger partial charge in [0.1, 0.15) is 5.70 Å². The molecule has 4 rings (SSSR count). The molecule has 4 heterocycles. The number of amides is 2. The van der Waals surface area contributed by atoms with Crippen LogP contribution < -0.4 is 5.32 Å². The molecule has 0 bridgehead atoms. The molecule has 29 heavy (non-hydrogen) atoms. The van der Waals surface area contributed by atoms with Gasteiger partial charge in [-0.05, 0) is 26.8 Å². The summed E-state index contributed by atoms with van der Waals surface area (Å²) in [6, 6.07) is -0.142. The van der Waals surface area contributed by atoms with Gasteiger partial charge in [0.25, 0.3) is 0 Å². The number of carbonyl (C=O) groups excluding carboxylic acids is 2. The molecule has 0 radical (unpaired) electrons. The van der Waals surface area contributed by atoms with Crippen molar-refractivity contribution in [3.63, 3.8) is 0 Å². The molecule has 0 unspecified atom stereocenters. The first kappa shape index (κ1) is 20.4. The highest BCUT2D eigenvalue weighted by Crippen LogP contribution is 2.52. The number of carboxylic acids is 1. The van der Waals surface area contributed by atoms with Crippen molar-refractivity contribution in [3.8, 4) is 0 Å². The SMILES string of the molecule is C[C@@H](O)[C@H]1C(=O)N2C(C(=O)O)=C(S[C@H]3C[C@@H](/C=C4\CCNC4=O)N(C)C3)[C@H](C)[C@H]12. The molecule has 0 aromatic rings. The van der Waals surface area contributed by atoms with Crippen LogP contribution in [0.2, 0.25) is 0 Å². The number of hydrogen-bond acceptors (Lipinski definition) is 6. The van der Waals surface area contributed by atoms with Crippen molar-refractivity contribution < 1.29 is 24.6 Å². The number of β-lactam (4-membered cyclic amide) rings is 1. The number of carbonyl (C=O) groups is 3. The van der Waals surface area contributed by atoms with Gasteiger partial charge < -0.3 is 20.4 Å². The Morgan fingerprint density at radius 2 is 2.10 bits per heavy atom. The molecule has 2 amide bonds. The van der Waals surface area contributed by atoms with Gasteiger partial charge in [0.2, 0.25) is 11.8 Å². The summed E-state index contributed by atoms with van der Waals surface area (Å²) in [5.41, 5.74) is 0.899. The minimum absolute atomic E-state index is 0.00171. The van der Waals surface area contributed by atoms with Gasteiger partial charge in [-0.15, -0.1) is 11.8 Å². The zero-order valence-electron chi connectivity index (χ0n) is 16.8. The van der Waals surface area contributed by atoms with E-state index in [1.165, 1.54) is 4.90 Å². The van der Waals surface area contributed by atoms with Crippen LogP contribution in [0.15, 0.2) is 22.3 Å². The van der Waals surface area contributed by atoms with Gasteiger partial charge in [-0.3, -0.25) is 14.5 Å². The van der Waals surface area contributed by atoms with Gasteiger partial charge in [-0.2, -0.15) is 0 Å². The van der Waals surface area contributed by atoms with Crippen molar-refractivity contribution in [3.05, 3.63) is 22.3 Å². The first-order chi connectivity index (χ1) is 13.7. The number of rotatable bonds is 5. The van der Waals surface area contributed by atoms with Crippen molar-refractivity contribution in [2.24, 2.45) is 11.8 Å². The fourth-order valence-electron chi connectivity index (χ4n) is 5.05. The van der Waals surface area contributed by atoms with Crippen LogP contribution in [0.4, 0.5) is 0 Å². The lowest BCUT2D eigenvalue weighted by Gasteiger charge is -2.46. The molecular formula is C20H27N3O5S. The van der Waals surface area contributed by atoms with E-state index in [9.17, 15) is 24.6 Å². The summed E-state index contributed by atoms with van der Waals surface area (Å²) in [7, 11) is 2.01. The normalized spacial score (nSPS) is 37.2. The van der Waals surface area contributed by atoms with E-state index >= 15 is 0 Å². The molecule has 0 aromatic carbocycles. The maximum atomic E-state index is 12.5. The van der Waals surface area contributed by atoms with Gasteiger partial charge >= 0.3 is 5.97 Å². The molecule has 0 aliphatic carbocycles. The molecule has 4 aliphatic heterocycles. The van der Waals surface area contributed by atoms with E-state index in [2.05, 4.69) is 10.2 Å². The zero-order chi connectivity index (χ0) is 21.0. The highest BCUT2D eigenvalue weighted by Gasteiger charge is 2.60. The van der Waals surface area contributed by atoms with Crippen LogP contribution in [0.25, 0.3) is 0 Å². The number of likely N-dealkylation sites (N-methyl/N-ethyl adjacent to an activating group) is 1. The quantitative estimate of drug-likeness (QED) is 0.435. The predicted octanol–water partition coefficient (Wildman–Crippen LogP) is 0.392. The second-order valence-corrected chi connectivity index (χ2v) is 9.79. The zero-order valence-corrected chi connectivity index (χ0v) is 17.6. The molecule has 0 spiro atoms. The molecular weight excluding hydrogens is 394 g/mol. The smallest absolute Gasteiger partial charge is 0.353 e. The minimum Gasteiger partial charge on any atom is -0.477 e. The lowest BCUT2D eigenvalue weighted by atomic mass is 9.79. The molecule has 9 heteroatoms. The average molecular weight is 422 g/mol. The van der Waals surface area contributed by atoms with Gasteiger partial charge in [-0.1, -0.05) is 13.0 Å². The van der Waals surface area contributed by atoms with E-state index in [0.29, 0.717) is 6.54 Å². The number of carboxylic acid groups (broad SMARTS) is 1. The minimum atomic E-state index is -1.09. The fraction of sp³-hybridized carbons (Fsp3) is 0.650. The van der Waals surface area contributed by atoms with E-state index in [1.807, 2.05) is 20.0 Å². The van der Waals surface area contributed by atoms with E-state index < -0.39 is 18.0 Å². The molecule has 4 aliphatic rings. The van der Waals surface area contributed by atoms with Crippen molar-refractivity contribution in [1.82, 2.24) is 15.1 Å². The van der Waals surface area contributed by atoms with Crippen molar-refractivity contribution >= 4 is 29.5 Å². The lowest BCUT2D eigenvalue weighted by molar-refractivity contribution is -0.163. The average Bonchev–Trinajstić information content (AvgIpc) is 3.26. The van der Waals surface area contributed by atoms with Gasteiger partial charge in [0, 0.05) is 40.8 Å². The number of fused-ring (bicyclic) bond motifs is 1. The lowest BCUT2D eigenvalue weighted by Crippen LogP contribution is -2.63. The Morgan fingerprint density at radius 1 is 1.38 bits per heavy atom. The third kappa shape index (κ3) is 3.29. The molecule has 3 saturated heterocycles. The first-order valence-electron chi connectivity index (χ1n) is 10.0. The molecule has 0 saturated carbocycles. The van der Waals surface area contributed by atoms with E-state index in [0.717, 1.165) is 29.9 Å². The van der Waals surface area contributed by atoms with Crippen LogP contribution in [-0.4, -0.2) is 81.4 Å². The number of likely N-dealkylation sites (tertiary alicyclic amines) is 1. The number of aliphatic hydroxyl groups is 1. The van der Waals surface area contributed by atoms with Crippen LogP contribution in [0.5, 0.6) is 0 Å². The van der Waals surface area contributed by atoms with Crippen LogP contribution in [0.1, 0.15) is 26.7 Å². The van der Waals surface area contributed by atoms with E-state index in [4.69, 9.17) is 0 Å². The number of nitrogens with zero attached hydrogens (tertiary/aromatic N) is 2. The van der Waals surface area contributed by atoms with Crippen molar-refractivity contribution in [2.45, 2.75) is 50.1 Å². The summed E-state index contributed by atoms with van der Waals surface area (Å²) in [4.78, 5) is 40.5. The third-order valence-corrected chi connectivity index (χ3v) is 8.03. The first-order valence-corrected chi connectivity index (χ1v) is 10.9. The Kier molecular flexibility index (Phi) is 5.25. The second-order valence-electron chi connectivity index (χ2n) is 8.45. The standard InChI is InChI=1S/C20H27N3O5S/c1-9-15-14(10(2)24)19(26)23(15)16(20(27)28)17(9)29-13-7-12(22(3)8-13)6-11-4-5-21-18(11)25/h6,9-10,12-15,24H,4-5,7-8H2,1-3H3,(H,21,25)(H,27,28)/b11-6+/t9-,10-,12-,13+,14-,15-/m1/s1. The molecule has 3 N–H and O–H groups in total. The van der Waals surface area contributed by atoms with Gasteiger partial charge in [0.15, 0.2) is 0 Å². The summed E-state index contributed by atoms with van der Waals surface area (Å²) in [6.45, 7) is 4.99. The summed E-state index contributed by atoms with van der Waals surface area (Å²) < 4.78 is 0. The summed E-state index contributed by atoms with van der Waals surface area (Å²) >= 11 is 1.54. The number of aliphatic carboxylic acids is 1. The van der Waals surface area contributed by atoms with Crippen LogP contribution in [0.3, 0.4) is 0 Å². The maximum Gasteiger partial charge on any atom is 0.353 e. The predicted molar refractivity (Wildman–Crippen MR) is 108 cm³/mol. The van der Waals surface area contributed by atoms with E-state index in [1.54, 1.807) is 18.7 Å². The number of thioether (sulfide) groups is 1. The number of hydrogen-bond donors (Lipinski definition) is 3. The Hall–Kier alpha value is -1.84. The monoisotopic (exact) mass is 421 g/mol. The summed E-state index contributed by atoms with van der Waals surface area (Å²) in [6.07, 6.45) is 2.80. The molecule has 158 valence electrons. The maximum absolute atomic E-state index is 12.5. The number of nitrogens with one attached hydrogen (secondary N) is 1. The Bertz CT molecular complexity index is 823. The van der Waals surface area contributed by atoms with E-state index in [-0.39, 0.29) is 40.8 Å². The highest BCUT2D eigenvalue weighted by atomic mass is 32.2. The summed E-state index contributed by atoms with van der Waals surface area (Å²) in [5, 5.41) is 22.7. The molecule has 3 fully saturated rings. The number of aliphatic hydroxyl groups excluding tert-OH is 1. The van der Waals surface area contributed by atoms with Gasteiger partial charge in [-0.25, -0.2) is 4.79 Å². The second kappa shape index (κ2) is 7.45. The van der Waals surface area contributed by atoms with Crippen molar-refractivity contribution in [2.75, 3.05) is 20.1 Å². The molecule has 0 aromatic heterocycles. The fourth-order valence-corrected chi connectivity index (χ4v) is 6.66. The van der Waals surface area contributed by atoms with Crippen LogP contribution in [-0.2, 0) is 14.4 Å². The Labute approximate surface area is 174 Å². The highest BCUT2D eigenvalue weighted by molar-refractivity contribution is 8.03. The van der Waals surface area contributed by atoms with Crippen molar-refractivity contribution in [1.29, 1.82) is 0 Å². The Morgan fingerprint density at radius 3 is 2.69 bits per heavy atom. The Balaban J connectivity index is 1.52. The largest absolute Gasteiger partial charge is 0.477 e. The van der Waals surface area contributed by atoms with Crippen LogP contribution >= 0.6 is 11.8 Å². The topological polar surface area (TPSA) is 110 Å². The van der Waals surface area contributed by atoms with Crippen LogP contribution in [0, 0.1) is 11.8 Å².